The third-order valence-corrected chi connectivity index (χ3v) is 3.09. The van der Waals surface area contributed by atoms with Crippen LogP contribution in [0.4, 0.5) is 0 Å². The lowest BCUT2D eigenvalue weighted by Gasteiger charge is -2.28. The first-order valence-electron chi connectivity index (χ1n) is 5.82. The quantitative estimate of drug-likeness (QED) is 0.871. The summed E-state index contributed by atoms with van der Waals surface area (Å²) in [6.07, 6.45) is 0.585. The summed E-state index contributed by atoms with van der Waals surface area (Å²) in [5, 5.41) is 8.80. The maximum absolute atomic E-state index is 12.3. The normalized spacial score (nSPS) is 14.0. The van der Waals surface area contributed by atoms with Gasteiger partial charge >= 0.3 is 5.97 Å². The van der Waals surface area contributed by atoms with Gasteiger partial charge in [-0.3, -0.25) is 9.59 Å². The smallest absolute Gasteiger partial charge is 0.323 e. The van der Waals surface area contributed by atoms with E-state index in [2.05, 4.69) is 0 Å². The summed E-state index contributed by atoms with van der Waals surface area (Å²) in [4.78, 5) is 24.3. The van der Waals surface area contributed by atoms with Crippen molar-refractivity contribution in [2.75, 3.05) is 27.3 Å². The minimum atomic E-state index is -1.02. The number of ether oxygens (including phenoxy) is 2. The van der Waals surface area contributed by atoms with Gasteiger partial charge in [0.1, 0.15) is 18.0 Å². The number of carbonyl (C=O) groups excluding carboxylic acids is 1. The Kier molecular flexibility index (Phi) is 3.59. The molecule has 102 valence electrons. The van der Waals surface area contributed by atoms with E-state index in [9.17, 15) is 9.59 Å². The molecule has 2 rings (SSSR count). The van der Waals surface area contributed by atoms with Crippen molar-refractivity contribution < 1.29 is 24.2 Å². The number of hydrogen-bond acceptors (Lipinski definition) is 4. The van der Waals surface area contributed by atoms with Gasteiger partial charge in [0.15, 0.2) is 0 Å². The van der Waals surface area contributed by atoms with Crippen LogP contribution in [0.1, 0.15) is 15.9 Å². The molecule has 0 atom stereocenters. The second-order valence-corrected chi connectivity index (χ2v) is 4.23. The molecule has 6 nitrogen and oxygen atoms in total. The van der Waals surface area contributed by atoms with E-state index < -0.39 is 5.97 Å². The minimum absolute atomic E-state index is 0.298. The topological polar surface area (TPSA) is 76.1 Å². The van der Waals surface area contributed by atoms with Gasteiger partial charge < -0.3 is 19.5 Å². The third kappa shape index (κ3) is 2.47. The first kappa shape index (κ1) is 13.2. The van der Waals surface area contributed by atoms with Gasteiger partial charge in [0.2, 0.25) is 0 Å². The summed E-state index contributed by atoms with van der Waals surface area (Å²) < 4.78 is 10.4. The van der Waals surface area contributed by atoms with E-state index in [4.69, 9.17) is 14.6 Å². The molecule has 1 aromatic carbocycles. The maximum atomic E-state index is 12.3. The molecular weight excluding hydrogens is 250 g/mol. The summed E-state index contributed by atoms with van der Waals surface area (Å²) >= 11 is 0. The molecule has 0 spiro atoms. The molecule has 0 saturated carbocycles. The number of rotatable bonds is 4. The van der Waals surface area contributed by atoms with Gasteiger partial charge in [-0.15, -0.1) is 0 Å². The van der Waals surface area contributed by atoms with Gasteiger partial charge in [-0.25, -0.2) is 0 Å². The van der Waals surface area contributed by atoms with Crippen molar-refractivity contribution in [1.29, 1.82) is 0 Å². The summed E-state index contributed by atoms with van der Waals surface area (Å²) in [5.41, 5.74) is 1.25. The molecule has 6 heteroatoms. The highest BCUT2D eigenvalue weighted by Crippen LogP contribution is 2.32. The lowest BCUT2D eigenvalue weighted by Crippen LogP contribution is -2.41. The highest BCUT2D eigenvalue weighted by molar-refractivity contribution is 6.01. The molecule has 0 saturated heterocycles. The zero-order chi connectivity index (χ0) is 14.0. The Morgan fingerprint density at radius 3 is 2.68 bits per heavy atom. The van der Waals surface area contributed by atoms with Crippen LogP contribution in [0.3, 0.4) is 0 Å². The standard InChI is InChI=1S/C13H15NO5/c1-18-9-5-8-3-4-14(7-11(15)16)13(17)12(8)10(6-9)19-2/h5-6H,3-4,7H2,1-2H3,(H,15,16). The zero-order valence-corrected chi connectivity index (χ0v) is 10.8. The van der Waals surface area contributed by atoms with Gasteiger partial charge in [0.05, 0.1) is 19.8 Å². The zero-order valence-electron chi connectivity index (χ0n) is 10.8. The van der Waals surface area contributed by atoms with Crippen molar-refractivity contribution in [3.05, 3.63) is 23.3 Å². The third-order valence-electron chi connectivity index (χ3n) is 3.09. The Balaban J connectivity index is 2.42. The number of hydrogen-bond donors (Lipinski definition) is 1. The van der Waals surface area contributed by atoms with E-state index in [0.29, 0.717) is 30.0 Å². The van der Waals surface area contributed by atoms with Crippen molar-refractivity contribution >= 4 is 11.9 Å². The lowest BCUT2D eigenvalue weighted by molar-refractivity contribution is -0.137. The fourth-order valence-electron chi connectivity index (χ4n) is 2.19. The number of amides is 1. The Labute approximate surface area is 110 Å². The van der Waals surface area contributed by atoms with Crippen LogP contribution < -0.4 is 9.47 Å². The van der Waals surface area contributed by atoms with Crippen molar-refractivity contribution in [2.24, 2.45) is 0 Å². The molecule has 0 fully saturated rings. The van der Waals surface area contributed by atoms with Crippen LogP contribution in [0.2, 0.25) is 0 Å². The number of carboxylic acid groups (broad SMARTS) is 1. The maximum Gasteiger partial charge on any atom is 0.323 e. The molecule has 0 unspecified atom stereocenters. The molecule has 1 amide bonds. The average Bonchev–Trinajstić information content (AvgIpc) is 2.40. The molecular formula is C13H15NO5. The van der Waals surface area contributed by atoms with Crippen molar-refractivity contribution in [1.82, 2.24) is 4.90 Å². The largest absolute Gasteiger partial charge is 0.497 e. The second kappa shape index (κ2) is 5.17. The number of methoxy groups -OCH3 is 2. The van der Waals surface area contributed by atoms with Gasteiger partial charge in [-0.1, -0.05) is 0 Å². The highest BCUT2D eigenvalue weighted by Gasteiger charge is 2.29. The Hall–Kier alpha value is -2.24. The Morgan fingerprint density at radius 2 is 2.11 bits per heavy atom. The molecule has 1 aliphatic heterocycles. The number of fused-ring (bicyclic) bond motifs is 1. The lowest BCUT2D eigenvalue weighted by atomic mass is 9.97. The predicted octanol–water partition coefficient (Wildman–Crippen LogP) is 0.787. The van der Waals surface area contributed by atoms with Gasteiger partial charge in [0.25, 0.3) is 5.91 Å². The van der Waals surface area contributed by atoms with Gasteiger partial charge in [-0.05, 0) is 18.1 Å². The van der Waals surface area contributed by atoms with E-state index in [-0.39, 0.29) is 12.5 Å². The fourth-order valence-corrected chi connectivity index (χ4v) is 2.19. The molecule has 19 heavy (non-hydrogen) atoms. The van der Waals surface area contributed by atoms with Crippen LogP contribution in [0, 0.1) is 0 Å². The first-order chi connectivity index (χ1) is 9.06. The van der Waals surface area contributed by atoms with E-state index in [1.807, 2.05) is 0 Å². The van der Waals surface area contributed by atoms with E-state index in [0.717, 1.165) is 5.56 Å². The van der Waals surface area contributed by atoms with Crippen LogP contribution in [0.5, 0.6) is 11.5 Å². The summed E-state index contributed by atoms with van der Waals surface area (Å²) in [6, 6.07) is 3.41. The van der Waals surface area contributed by atoms with E-state index >= 15 is 0 Å². The summed E-state index contributed by atoms with van der Waals surface area (Å²) in [5.74, 6) is -0.308. The fraction of sp³-hybridized carbons (Fsp3) is 0.385. The van der Waals surface area contributed by atoms with Crippen LogP contribution in [0.25, 0.3) is 0 Å². The summed E-state index contributed by atoms with van der Waals surface area (Å²) in [6.45, 7) is 0.0852. The monoisotopic (exact) mass is 265 g/mol. The minimum Gasteiger partial charge on any atom is -0.497 e. The molecule has 0 aliphatic carbocycles. The Morgan fingerprint density at radius 1 is 1.37 bits per heavy atom. The Bertz CT molecular complexity index is 509. The van der Waals surface area contributed by atoms with Crippen LogP contribution in [-0.4, -0.2) is 49.2 Å². The number of benzene rings is 1. The number of aliphatic carboxylic acids is 1. The van der Waals surface area contributed by atoms with E-state index in [1.165, 1.54) is 12.0 Å². The number of carbonyl (C=O) groups is 2. The van der Waals surface area contributed by atoms with Crippen LogP contribution >= 0.6 is 0 Å². The summed E-state index contributed by atoms with van der Waals surface area (Å²) in [7, 11) is 3.01. The molecule has 0 bridgehead atoms. The van der Waals surface area contributed by atoms with Crippen molar-refractivity contribution in [3.63, 3.8) is 0 Å². The molecule has 1 N–H and O–H groups in total. The van der Waals surface area contributed by atoms with Crippen LogP contribution in [0.15, 0.2) is 12.1 Å². The van der Waals surface area contributed by atoms with Crippen molar-refractivity contribution in [2.45, 2.75) is 6.42 Å². The molecule has 1 aliphatic rings. The highest BCUT2D eigenvalue weighted by atomic mass is 16.5. The predicted molar refractivity (Wildman–Crippen MR) is 66.8 cm³/mol. The number of carboxylic acids is 1. The second-order valence-electron chi connectivity index (χ2n) is 4.23. The molecule has 1 aromatic rings. The van der Waals surface area contributed by atoms with Crippen LogP contribution in [-0.2, 0) is 11.2 Å². The molecule has 0 radical (unpaired) electrons. The van der Waals surface area contributed by atoms with Gasteiger partial charge in [0, 0.05) is 12.6 Å². The molecule has 1 heterocycles. The first-order valence-corrected chi connectivity index (χ1v) is 5.82. The number of nitrogens with zero attached hydrogens (tertiary/aromatic N) is 1. The average molecular weight is 265 g/mol. The van der Waals surface area contributed by atoms with Crippen molar-refractivity contribution in [3.8, 4) is 11.5 Å². The molecule has 0 aromatic heterocycles. The van der Waals surface area contributed by atoms with E-state index in [1.54, 1.807) is 19.2 Å². The SMILES string of the molecule is COc1cc2c(c(OC)c1)C(=O)N(CC(=O)O)CC2. The van der Waals surface area contributed by atoms with Gasteiger partial charge in [-0.2, -0.15) is 0 Å².